The molecule has 5 nitrogen and oxygen atoms in total. The molecule has 0 atom stereocenters. The molecule has 1 aliphatic carbocycles. The van der Waals surface area contributed by atoms with E-state index in [4.69, 9.17) is 5.11 Å². The smallest absolute Gasteiger partial charge is 0.335 e. The molecule has 0 saturated heterocycles. The maximum Gasteiger partial charge on any atom is 0.335 e. The first-order chi connectivity index (χ1) is 10.6. The first kappa shape index (κ1) is 13.9. The second kappa shape index (κ2) is 5.37. The molecular formula is C17H11NO4. The first-order valence-corrected chi connectivity index (χ1v) is 6.64. The lowest BCUT2D eigenvalue weighted by Crippen LogP contribution is -2.27. The first-order valence-electron chi connectivity index (χ1n) is 6.64. The van der Waals surface area contributed by atoms with Crippen molar-refractivity contribution in [1.29, 1.82) is 0 Å². The summed E-state index contributed by atoms with van der Waals surface area (Å²) in [6.07, 6.45) is -0.0762. The summed E-state index contributed by atoms with van der Waals surface area (Å²) in [5.74, 6) is -2.06. The van der Waals surface area contributed by atoms with Gasteiger partial charge in [0.2, 0.25) is 11.6 Å². The average Bonchev–Trinajstić information content (AvgIpc) is 2.52. The molecule has 0 fully saturated rings. The van der Waals surface area contributed by atoms with E-state index in [9.17, 15) is 14.4 Å². The second-order valence-corrected chi connectivity index (χ2v) is 4.89. The van der Waals surface area contributed by atoms with Crippen LogP contribution in [-0.4, -0.2) is 28.4 Å². The van der Waals surface area contributed by atoms with Gasteiger partial charge in [0.05, 0.1) is 23.4 Å². The summed E-state index contributed by atoms with van der Waals surface area (Å²) < 4.78 is 0. The van der Waals surface area contributed by atoms with Crippen LogP contribution in [0, 0.1) is 0 Å². The van der Waals surface area contributed by atoms with Crippen molar-refractivity contribution in [2.45, 2.75) is 6.42 Å². The van der Waals surface area contributed by atoms with E-state index in [1.807, 2.05) is 0 Å². The van der Waals surface area contributed by atoms with Gasteiger partial charge >= 0.3 is 5.97 Å². The fraction of sp³-hybridized carbons (Fsp3) is 0.0588. The molecule has 108 valence electrons. The zero-order valence-electron chi connectivity index (χ0n) is 11.4. The number of fused-ring (bicyclic) bond motifs is 1. The highest BCUT2D eigenvalue weighted by atomic mass is 16.4. The van der Waals surface area contributed by atoms with Crippen molar-refractivity contribution in [1.82, 2.24) is 0 Å². The van der Waals surface area contributed by atoms with Crippen LogP contribution in [0.4, 0.5) is 5.69 Å². The molecular weight excluding hydrogens is 282 g/mol. The molecule has 0 saturated carbocycles. The van der Waals surface area contributed by atoms with Gasteiger partial charge in [0.1, 0.15) is 0 Å². The summed E-state index contributed by atoms with van der Waals surface area (Å²) in [6, 6.07) is 12.9. The van der Waals surface area contributed by atoms with E-state index in [2.05, 4.69) is 4.99 Å². The fourth-order valence-electron chi connectivity index (χ4n) is 2.37. The van der Waals surface area contributed by atoms with Gasteiger partial charge in [0.15, 0.2) is 0 Å². The van der Waals surface area contributed by atoms with Gasteiger partial charge in [-0.05, 0) is 18.2 Å². The van der Waals surface area contributed by atoms with E-state index in [0.717, 1.165) is 0 Å². The maximum absolute atomic E-state index is 11.9. The van der Waals surface area contributed by atoms with Crippen LogP contribution < -0.4 is 0 Å². The van der Waals surface area contributed by atoms with E-state index in [-0.39, 0.29) is 12.0 Å². The summed E-state index contributed by atoms with van der Waals surface area (Å²) in [5.41, 5.74) is 1.99. The van der Waals surface area contributed by atoms with Crippen LogP contribution in [0.15, 0.2) is 53.5 Å². The molecule has 0 aromatic heterocycles. The zero-order chi connectivity index (χ0) is 15.7. The summed E-state index contributed by atoms with van der Waals surface area (Å²) in [4.78, 5) is 39.0. The monoisotopic (exact) mass is 293 g/mol. The number of rotatable bonds is 2. The molecule has 3 rings (SSSR count). The number of carboxylic acids is 1. The molecule has 0 heterocycles. The minimum Gasteiger partial charge on any atom is -0.478 e. The van der Waals surface area contributed by atoms with Crippen LogP contribution in [0.3, 0.4) is 0 Å². The minimum absolute atomic E-state index is 0.0762. The Labute approximate surface area is 125 Å². The van der Waals surface area contributed by atoms with Crippen LogP contribution in [-0.2, 0) is 4.79 Å². The third-order valence-electron chi connectivity index (χ3n) is 3.42. The van der Waals surface area contributed by atoms with Crippen LogP contribution in [0.5, 0.6) is 0 Å². The lowest BCUT2D eigenvalue weighted by Gasteiger charge is -2.15. The quantitative estimate of drug-likeness (QED) is 0.863. The van der Waals surface area contributed by atoms with Crippen molar-refractivity contribution < 1.29 is 19.5 Å². The number of carboxylic acid groups (broad SMARTS) is 1. The Morgan fingerprint density at radius 2 is 1.73 bits per heavy atom. The van der Waals surface area contributed by atoms with Crippen LogP contribution in [0.1, 0.15) is 32.7 Å². The number of carbonyl (C=O) groups is 3. The van der Waals surface area contributed by atoms with Crippen molar-refractivity contribution in [3.63, 3.8) is 0 Å². The van der Waals surface area contributed by atoms with Gasteiger partial charge in [-0.15, -0.1) is 0 Å². The third-order valence-corrected chi connectivity index (χ3v) is 3.42. The second-order valence-electron chi connectivity index (χ2n) is 4.89. The van der Waals surface area contributed by atoms with Gasteiger partial charge < -0.3 is 5.11 Å². The fourth-order valence-corrected chi connectivity index (χ4v) is 2.37. The topological polar surface area (TPSA) is 83.8 Å². The van der Waals surface area contributed by atoms with Crippen LogP contribution in [0.25, 0.3) is 0 Å². The highest BCUT2D eigenvalue weighted by Crippen LogP contribution is 2.23. The van der Waals surface area contributed by atoms with Crippen LogP contribution in [0.2, 0.25) is 0 Å². The van der Waals surface area contributed by atoms with Crippen molar-refractivity contribution in [3.05, 3.63) is 65.2 Å². The number of Topliss-reactive ketones (excluding diaryl/α,β-unsaturated/α-hetero) is 2. The summed E-state index contributed by atoms with van der Waals surface area (Å²) in [6.45, 7) is 0. The number of aromatic carboxylic acids is 1. The Balaban J connectivity index is 2.10. The number of aliphatic imine (C=N–C) groups is 1. The van der Waals surface area contributed by atoms with Gasteiger partial charge in [-0.25, -0.2) is 4.79 Å². The molecule has 1 N–H and O–H groups in total. The molecule has 2 aromatic carbocycles. The van der Waals surface area contributed by atoms with E-state index < -0.39 is 17.5 Å². The molecule has 0 spiro atoms. The molecule has 0 aliphatic heterocycles. The van der Waals surface area contributed by atoms with Gasteiger partial charge in [-0.1, -0.05) is 30.3 Å². The lowest BCUT2D eigenvalue weighted by molar-refractivity contribution is -0.114. The normalized spacial score (nSPS) is 15.7. The van der Waals surface area contributed by atoms with Crippen molar-refractivity contribution in [2.24, 2.45) is 4.99 Å². The number of hydrogen-bond donors (Lipinski definition) is 1. The van der Waals surface area contributed by atoms with E-state index in [1.165, 1.54) is 12.1 Å². The summed E-state index contributed by atoms with van der Waals surface area (Å²) in [5, 5.41) is 9.00. The van der Waals surface area contributed by atoms with E-state index in [0.29, 0.717) is 22.5 Å². The Morgan fingerprint density at radius 3 is 2.45 bits per heavy atom. The summed E-state index contributed by atoms with van der Waals surface area (Å²) >= 11 is 0. The molecule has 2 aromatic rings. The SMILES string of the molecule is O=C1CC(=Nc2cccc(C(=O)O)c2)c2ccccc2C1=O. The zero-order valence-corrected chi connectivity index (χ0v) is 11.4. The van der Waals surface area contributed by atoms with Gasteiger partial charge in [-0.3, -0.25) is 14.6 Å². The number of benzene rings is 2. The highest BCUT2D eigenvalue weighted by Gasteiger charge is 2.28. The molecule has 0 amide bonds. The van der Waals surface area contributed by atoms with Crippen molar-refractivity contribution >= 4 is 28.9 Å². The third kappa shape index (κ3) is 2.44. The average molecular weight is 293 g/mol. The summed E-state index contributed by atoms with van der Waals surface area (Å²) in [7, 11) is 0. The predicted molar refractivity (Wildman–Crippen MR) is 80.0 cm³/mol. The molecule has 0 bridgehead atoms. The van der Waals surface area contributed by atoms with Crippen LogP contribution >= 0.6 is 0 Å². The minimum atomic E-state index is -1.04. The van der Waals surface area contributed by atoms with Crippen molar-refractivity contribution in [3.8, 4) is 0 Å². The number of hydrogen-bond acceptors (Lipinski definition) is 4. The highest BCUT2D eigenvalue weighted by molar-refractivity contribution is 6.51. The van der Waals surface area contributed by atoms with Gasteiger partial charge in [0, 0.05) is 11.1 Å². The van der Waals surface area contributed by atoms with Gasteiger partial charge in [-0.2, -0.15) is 0 Å². The molecule has 5 heteroatoms. The predicted octanol–water partition coefficient (Wildman–Crippen LogP) is 2.66. The van der Waals surface area contributed by atoms with Gasteiger partial charge in [0.25, 0.3) is 0 Å². The standard InChI is InChI=1S/C17H11NO4/c19-15-9-14(12-6-1-2-7-13(12)16(15)20)18-11-5-3-4-10(8-11)17(21)22/h1-8H,9H2,(H,21,22). The number of ketones is 2. The number of carbonyl (C=O) groups excluding carboxylic acids is 2. The Hall–Kier alpha value is -3.08. The Kier molecular flexibility index (Phi) is 3.39. The maximum atomic E-state index is 11.9. The number of nitrogens with zero attached hydrogens (tertiary/aromatic N) is 1. The van der Waals surface area contributed by atoms with Crippen molar-refractivity contribution in [2.75, 3.05) is 0 Å². The molecule has 22 heavy (non-hydrogen) atoms. The van der Waals surface area contributed by atoms with E-state index >= 15 is 0 Å². The van der Waals surface area contributed by atoms with E-state index in [1.54, 1.807) is 36.4 Å². The molecule has 0 radical (unpaired) electrons. The molecule has 0 unspecified atom stereocenters. The largest absolute Gasteiger partial charge is 0.478 e. The Bertz CT molecular complexity index is 836. The Morgan fingerprint density at radius 1 is 1.00 bits per heavy atom. The molecule has 1 aliphatic rings. The lowest BCUT2D eigenvalue weighted by atomic mass is 9.88.